The molecule has 1 amide bonds. The molecule has 0 unspecified atom stereocenters. The summed E-state index contributed by atoms with van der Waals surface area (Å²) < 4.78 is 0. The van der Waals surface area contributed by atoms with Crippen LogP contribution < -0.4 is 10.2 Å². The minimum atomic E-state index is -0.425. The molecule has 0 saturated heterocycles. The highest BCUT2D eigenvalue weighted by Gasteiger charge is 2.34. The van der Waals surface area contributed by atoms with E-state index in [1.807, 2.05) is 13.1 Å². The first-order valence-corrected chi connectivity index (χ1v) is 4.85. The van der Waals surface area contributed by atoms with Gasteiger partial charge in [-0.25, -0.2) is 0 Å². The molecule has 0 saturated carbocycles. The molecule has 1 aliphatic rings. The Morgan fingerprint density at radius 2 is 2.00 bits per heavy atom. The Balaban J connectivity index is 2.34. The molecule has 15 heavy (non-hydrogen) atoms. The topological polar surface area (TPSA) is 49.4 Å². The van der Waals surface area contributed by atoms with Crippen LogP contribution in [0.3, 0.4) is 0 Å². The number of fused-ring (bicyclic) bond motifs is 1. The summed E-state index contributed by atoms with van der Waals surface area (Å²) in [5.74, 6) is -0.826. The number of hydrogen-bond donors (Lipinski definition) is 1. The Hall–Kier alpha value is -1.68. The van der Waals surface area contributed by atoms with E-state index in [9.17, 15) is 9.59 Å². The SMILES string of the molecule is CNCCN1C(=O)C(=O)c2ccccc21. The maximum absolute atomic E-state index is 11.6. The molecule has 4 nitrogen and oxygen atoms in total. The fraction of sp³-hybridized carbons (Fsp3) is 0.273. The van der Waals surface area contributed by atoms with Gasteiger partial charge in [0.05, 0.1) is 11.3 Å². The highest BCUT2D eigenvalue weighted by atomic mass is 16.2. The Kier molecular flexibility index (Phi) is 2.51. The maximum atomic E-state index is 11.6. The second-order valence-electron chi connectivity index (χ2n) is 3.41. The summed E-state index contributed by atoms with van der Waals surface area (Å²) in [5, 5.41) is 2.96. The molecular weight excluding hydrogens is 192 g/mol. The third-order valence-corrected chi connectivity index (χ3v) is 2.46. The van der Waals surface area contributed by atoms with E-state index < -0.39 is 11.7 Å². The van der Waals surface area contributed by atoms with Gasteiger partial charge in [-0.2, -0.15) is 0 Å². The van der Waals surface area contributed by atoms with Gasteiger partial charge in [0.15, 0.2) is 0 Å². The van der Waals surface area contributed by atoms with E-state index in [1.54, 1.807) is 18.2 Å². The average Bonchev–Trinajstić information content (AvgIpc) is 2.51. The van der Waals surface area contributed by atoms with Crippen LogP contribution in [0, 0.1) is 0 Å². The van der Waals surface area contributed by atoms with Crippen molar-refractivity contribution in [1.29, 1.82) is 0 Å². The normalized spacial score (nSPS) is 14.6. The standard InChI is InChI=1S/C11H12N2O2/c1-12-6-7-13-9-5-3-2-4-8(9)10(14)11(13)15/h2-5,12H,6-7H2,1H3. The van der Waals surface area contributed by atoms with Crippen molar-refractivity contribution in [3.8, 4) is 0 Å². The molecule has 1 aromatic rings. The van der Waals surface area contributed by atoms with Crippen LogP contribution in [0.4, 0.5) is 5.69 Å². The number of carbonyl (C=O) groups excluding carboxylic acids is 2. The third kappa shape index (κ3) is 1.53. The number of hydrogen-bond acceptors (Lipinski definition) is 3. The molecule has 0 aliphatic carbocycles. The van der Waals surface area contributed by atoms with Crippen LogP contribution in [0.1, 0.15) is 10.4 Å². The molecule has 1 N–H and O–H groups in total. The molecule has 0 fully saturated rings. The number of benzene rings is 1. The molecule has 0 aromatic heterocycles. The van der Waals surface area contributed by atoms with Crippen molar-refractivity contribution in [3.63, 3.8) is 0 Å². The Morgan fingerprint density at radius 1 is 1.27 bits per heavy atom. The molecule has 4 heteroatoms. The van der Waals surface area contributed by atoms with Gasteiger partial charge in [-0.05, 0) is 19.2 Å². The molecule has 0 spiro atoms. The number of nitrogens with one attached hydrogen (secondary N) is 1. The summed E-state index contributed by atoms with van der Waals surface area (Å²) in [6.45, 7) is 1.20. The summed E-state index contributed by atoms with van der Waals surface area (Å²) >= 11 is 0. The van der Waals surface area contributed by atoms with Crippen LogP contribution in [-0.2, 0) is 4.79 Å². The molecule has 0 bridgehead atoms. The highest BCUT2D eigenvalue weighted by molar-refractivity contribution is 6.52. The van der Waals surface area contributed by atoms with Crippen molar-refractivity contribution in [2.45, 2.75) is 0 Å². The van der Waals surface area contributed by atoms with E-state index >= 15 is 0 Å². The zero-order chi connectivity index (χ0) is 10.8. The van der Waals surface area contributed by atoms with Gasteiger partial charge >= 0.3 is 0 Å². The molecule has 78 valence electrons. The number of nitrogens with zero attached hydrogens (tertiary/aromatic N) is 1. The van der Waals surface area contributed by atoms with Crippen LogP contribution >= 0.6 is 0 Å². The minimum absolute atomic E-state index is 0.401. The lowest BCUT2D eigenvalue weighted by atomic mass is 10.1. The first kappa shape index (κ1) is 9.86. The van der Waals surface area contributed by atoms with Crippen molar-refractivity contribution in [1.82, 2.24) is 5.32 Å². The Morgan fingerprint density at radius 3 is 2.73 bits per heavy atom. The molecular formula is C11H12N2O2. The quantitative estimate of drug-likeness (QED) is 0.727. The number of amides is 1. The number of carbonyl (C=O) groups is 2. The fourth-order valence-corrected chi connectivity index (χ4v) is 1.69. The molecule has 1 heterocycles. The monoisotopic (exact) mass is 204 g/mol. The van der Waals surface area contributed by atoms with Gasteiger partial charge in [-0.3, -0.25) is 9.59 Å². The van der Waals surface area contributed by atoms with Crippen LogP contribution in [0.2, 0.25) is 0 Å². The predicted molar refractivity (Wildman–Crippen MR) is 57.1 cm³/mol. The summed E-state index contributed by atoms with van der Waals surface area (Å²) in [5.41, 5.74) is 1.24. The predicted octanol–water partition coefficient (Wildman–Crippen LogP) is 0.435. The van der Waals surface area contributed by atoms with Crippen LogP contribution in [0.25, 0.3) is 0 Å². The molecule has 0 atom stereocenters. The van der Waals surface area contributed by atoms with E-state index in [4.69, 9.17) is 0 Å². The number of para-hydroxylation sites is 1. The van der Waals surface area contributed by atoms with Crippen LogP contribution in [0.5, 0.6) is 0 Å². The minimum Gasteiger partial charge on any atom is -0.318 e. The molecule has 2 rings (SSSR count). The fourth-order valence-electron chi connectivity index (χ4n) is 1.69. The van der Waals surface area contributed by atoms with Crippen molar-refractivity contribution < 1.29 is 9.59 Å². The lowest BCUT2D eigenvalue weighted by Gasteiger charge is -2.15. The first-order valence-electron chi connectivity index (χ1n) is 4.85. The first-order chi connectivity index (χ1) is 7.25. The van der Waals surface area contributed by atoms with Crippen molar-refractivity contribution in [2.75, 3.05) is 25.0 Å². The Bertz CT molecular complexity index is 415. The van der Waals surface area contributed by atoms with Gasteiger partial charge in [0, 0.05) is 13.1 Å². The largest absolute Gasteiger partial charge is 0.318 e. The van der Waals surface area contributed by atoms with E-state index in [0.717, 1.165) is 5.69 Å². The van der Waals surface area contributed by atoms with E-state index in [1.165, 1.54) is 4.90 Å². The summed E-state index contributed by atoms with van der Waals surface area (Å²) in [7, 11) is 1.81. The van der Waals surface area contributed by atoms with Crippen LogP contribution in [0.15, 0.2) is 24.3 Å². The third-order valence-electron chi connectivity index (χ3n) is 2.46. The maximum Gasteiger partial charge on any atom is 0.299 e. The number of anilines is 1. The highest BCUT2D eigenvalue weighted by Crippen LogP contribution is 2.27. The number of rotatable bonds is 3. The lowest BCUT2D eigenvalue weighted by molar-refractivity contribution is -0.114. The van der Waals surface area contributed by atoms with Gasteiger partial charge in [-0.15, -0.1) is 0 Å². The summed E-state index contributed by atoms with van der Waals surface area (Å²) in [6, 6.07) is 7.09. The van der Waals surface area contributed by atoms with Gasteiger partial charge in [0.1, 0.15) is 0 Å². The smallest absolute Gasteiger partial charge is 0.299 e. The van der Waals surface area contributed by atoms with E-state index in [0.29, 0.717) is 18.7 Å². The lowest BCUT2D eigenvalue weighted by Crippen LogP contribution is -2.35. The zero-order valence-electron chi connectivity index (χ0n) is 8.49. The van der Waals surface area contributed by atoms with Crippen molar-refractivity contribution in [2.24, 2.45) is 0 Å². The van der Waals surface area contributed by atoms with Crippen molar-refractivity contribution >= 4 is 17.4 Å². The van der Waals surface area contributed by atoms with Crippen molar-refractivity contribution in [3.05, 3.63) is 29.8 Å². The molecule has 1 aromatic carbocycles. The van der Waals surface area contributed by atoms with Gasteiger partial charge in [-0.1, -0.05) is 12.1 Å². The second-order valence-corrected chi connectivity index (χ2v) is 3.41. The van der Waals surface area contributed by atoms with Gasteiger partial charge < -0.3 is 10.2 Å². The van der Waals surface area contributed by atoms with Crippen LogP contribution in [-0.4, -0.2) is 31.8 Å². The zero-order valence-corrected chi connectivity index (χ0v) is 8.49. The number of ketones is 1. The van der Waals surface area contributed by atoms with Gasteiger partial charge in [0.25, 0.3) is 11.7 Å². The van der Waals surface area contributed by atoms with E-state index in [-0.39, 0.29) is 0 Å². The summed E-state index contributed by atoms with van der Waals surface area (Å²) in [4.78, 5) is 24.7. The Labute approximate surface area is 87.9 Å². The second kappa shape index (κ2) is 3.82. The van der Waals surface area contributed by atoms with E-state index in [2.05, 4.69) is 5.32 Å². The summed E-state index contributed by atoms with van der Waals surface area (Å²) in [6.07, 6.45) is 0. The molecule has 0 radical (unpaired) electrons. The number of Topliss-reactive ketones (excluding diaryl/α,β-unsaturated/α-hetero) is 1. The average molecular weight is 204 g/mol. The van der Waals surface area contributed by atoms with Gasteiger partial charge in [0.2, 0.25) is 0 Å². The molecule has 1 aliphatic heterocycles. The number of likely N-dealkylation sites (N-methyl/N-ethyl adjacent to an activating group) is 1.